The molecule has 2 saturated heterocycles. The molecule has 1 aromatic rings. The molecule has 3 aliphatic heterocycles. The van der Waals surface area contributed by atoms with Crippen LogP contribution in [0.3, 0.4) is 0 Å². The van der Waals surface area contributed by atoms with Crippen molar-refractivity contribution < 1.29 is 4.74 Å². The molecule has 150 valence electrons. The molecule has 1 unspecified atom stereocenters. The molecule has 1 atom stereocenters. The molecular weight excluding hydrogens is 451 g/mol. The molecule has 0 radical (unpaired) electrons. The molecule has 0 amide bonds. The van der Waals surface area contributed by atoms with E-state index in [9.17, 15) is 0 Å². The fourth-order valence-corrected chi connectivity index (χ4v) is 4.62. The molecule has 27 heavy (non-hydrogen) atoms. The van der Waals surface area contributed by atoms with Gasteiger partial charge >= 0.3 is 0 Å². The number of anilines is 1. The fourth-order valence-electron chi connectivity index (χ4n) is 4.62. The zero-order valence-electron chi connectivity index (χ0n) is 16.7. The molecule has 1 aromatic carbocycles. The van der Waals surface area contributed by atoms with Gasteiger partial charge in [0.05, 0.1) is 13.2 Å². The van der Waals surface area contributed by atoms with Crippen LogP contribution < -0.4 is 10.2 Å². The molecule has 0 aliphatic carbocycles. The van der Waals surface area contributed by atoms with E-state index >= 15 is 0 Å². The van der Waals surface area contributed by atoms with Crippen molar-refractivity contribution in [1.82, 2.24) is 10.2 Å². The van der Waals surface area contributed by atoms with Crippen molar-refractivity contribution in [1.29, 1.82) is 0 Å². The summed E-state index contributed by atoms with van der Waals surface area (Å²) in [5.41, 5.74) is 4.54. The highest BCUT2D eigenvalue weighted by molar-refractivity contribution is 14.0. The van der Waals surface area contributed by atoms with Crippen LogP contribution in [0, 0.1) is 5.41 Å². The number of fused-ring (bicyclic) bond motifs is 1. The summed E-state index contributed by atoms with van der Waals surface area (Å²) in [6.07, 6.45) is 4.85. The molecule has 3 heterocycles. The Labute approximate surface area is 180 Å². The van der Waals surface area contributed by atoms with Gasteiger partial charge in [0.2, 0.25) is 0 Å². The number of hydrogen-bond donors (Lipinski definition) is 1. The average Bonchev–Trinajstić information content (AvgIpc) is 3.29. The van der Waals surface area contributed by atoms with Gasteiger partial charge in [0, 0.05) is 50.9 Å². The second-order valence-corrected chi connectivity index (χ2v) is 8.13. The number of benzene rings is 1. The third kappa shape index (κ3) is 4.53. The third-order valence-corrected chi connectivity index (χ3v) is 6.16. The highest BCUT2D eigenvalue weighted by atomic mass is 127. The molecule has 0 bridgehead atoms. The first-order valence-corrected chi connectivity index (χ1v) is 10.1. The first-order valence-electron chi connectivity index (χ1n) is 10.1. The van der Waals surface area contributed by atoms with E-state index < -0.39 is 0 Å². The van der Waals surface area contributed by atoms with E-state index in [4.69, 9.17) is 9.73 Å². The van der Waals surface area contributed by atoms with Gasteiger partial charge in [-0.25, -0.2) is 4.99 Å². The van der Waals surface area contributed by atoms with Crippen molar-refractivity contribution in [3.05, 3.63) is 29.3 Å². The number of guanidine groups is 1. The predicted octanol–water partition coefficient (Wildman–Crippen LogP) is 3.26. The van der Waals surface area contributed by atoms with Crippen LogP contribution in [0.15, 0.2) is 23.2 Å². The maximum atomic E-state index is 5.67. The van der Waals surface area contributed by atoms with Crippen LogP contribution in [0.5, 0.6) is 0 Å². The van der Waals surface area contributed by atoms with Gasteiger partial charge in [0.1, 0.15) is 0 Å². The van der Waals surface area contributed by atoms with Crippen LogP contribution in [-0.2, 0) is 17.7 Å². The second-order valence-electron chi connectivity index (χ2n) is 8.13. The Bertz CT molecular complexity index is 672. The average molecular weight is 484 g/mol. The van der Waals surface area contributed by atoms with E-state index in [1.54, 1.807) is 0 Å². The van der Waals surface area contributed by atoms with E-state index in [-0.39, 0.29) is 24.0 Å². The summed E-state index contributed by atoms with van der Waals surface area (Å²) in [4.78, 5) is 9.76. The Kier molecular flexibility index (Phi) is 6.89. The molecule has 1 spiro atoms. The first kappa shape index (κ1) is 20.7. The number of likely N-dealkylation sites (tertiary alicyclic amines) is 1. The summed E-state index contributed by atoms with van der Waals surface area (Å²) in [5.74, 6) is 1.06. The quantitative estimate of drug-likeness (QED) is 0.406. The fraction of sp³-hybridized carbons (Fsp3) is 0.667. The number of ether oxygens (including phenoxy) is 1. The number of nitrogens with zero attached hydrogens (tertiary/aromatic N) is 3. The number of aliphatic imine (C=N–C) groups is 1. The van der Waals surface area contributed by atoms with Crippen LogP contribution in [0.25, 0.3) is 0 Å². The van der Waals surface area contributed by atoms with Crippen LogP contribution >= 0.6 is 24.0 Å². The summed E-state index contributed by atoms with van der Waals surface area (Å²) in [5, 5.41) is 3.50. The Morgan fingerprint density at radius 3 is 2.96 bits per heavy atom. The lowest BCUT2D eigenvalue weighted by atomic mass is 9.87. The number of nitrogens with one attached hydrogen (secondary N) is 1. The zero-order valence-corrected chi connectivity index (χ0v) is 19.0. The van der Waals surface area contributed by atoms with Gasteiger partial charge in [-0.3, -0.25) is 0 Å². The van der Waals surface area contributed by atoms with E-state index in [1.807, 2.05) is 0 Å². The monoisotopic (exact) mass is 484 g/mol. The van der Waals surface area contributed by atoms with Crippen molar-refractivity contribution >= 4 is 35.6 Å². The molecule has 4 rings (SSSR count). The van der Waals surface area contributed by atoms with Gasteiger partial charge in [-0.05, 0) is 49.8 Å². The smallest absolute Gasteiger partial charge is 0.194 e. The molecule has 1 N–H and O–H groups in total. The van der Waals surface area contributed by atoms with Gasteiger partial charge < -0.3 is 19.9 Å². The number of aryl methyl sites for hydroxylation is 1. The molecule has 5 nitrogen and oxygen atoms in total. The maximum absolute atomic E-state index is 5.67. The first-order chi connectivity index (χ1) is 12.7. The van der Waals surface area contributed by atoms with Crippen molar-refractivity contribution in [2.24, 2.45) is 10.4 Å². The highest BCUT2D eigenvalue weighted by Gasteiger charge is 2.42. The molecular formula is C21H33IN4O. The molecule has 3 aliphatic rings. The Hall–Kier alpha value is -1.02. The molecule has 6 heteroatoms. The number of hydrogen-bond acceptors (Lipinski definition) is 3. The van der Waals surface area contributed by atoms with Crippen LogP contribution in [0.1, 0.15) is 37.3 Å². The van der Waals surface area contributed by atoms with Crippen LogP contribution in [0.2, 0.25) is 0 Å². The van der Waals surface area contributed by atoms with Crippen LogP contribution in [-0.4, -0.2) is 57.3 Å². The van der Waals surface area contributed by atoms with E-state index in [2.05, 4.69) is 47.3 Å². The minimum Gasteiger partial charge on any atom is -0.381 e. The maximum Gasteiger partial charge on any atom is 0.194 e. The summed E-state index contributed by atoms with van der Waals surface area (Å²) < 4.78 is 5.67. The van der Waals surface area contributed by atoms with Gasteiger partial charge in [0.15, 0.2) is 5.96 Å². The van der Waals surface area contributed by atoms with Crippen molar-refractivity contribution in [2.75, 3.05) is 51.3 Å². The summed E-state index contributed by atoms with van der Waals surface area (Å²) in [6.45, 7) is 8.97. The summed E-state index contributed by atoms with van der Waals surface area (Å²) in [6, 6.07) is 6.87. The van der Waals surface area contributed by atoms with Gasteiger partial charge in [-0.1, -0.05) is 12.1 Å². The Morgan fingerprint density at radius 1 is 1.30 bits per heavy atom. The van der Waals surface area contributed by atoms with E-state index in [0.717, 1.165) is 51.9 Å². The lowest BCUT2D eigenvalue weighted by Gasteiger charge is -2.28. The highest BCUT2D eigenvalue weighted by Crippen LogP contribution is 2.38. The zero-order chi connectivity index (χ0) is 18.0. The molecule has 0 saturated carbocycles. The number of halogens is 1. The lowest BCUT2D eigenvalue weighted by molar-refractivity contribution is 0.156. The lowest BCUT2D eigenvalue weighted by Crippen LogP contribution is -2.41. The molecule has 0 aromatic heterocycles. The van der Waals surface area contributed by atoms with Crippen molar-refractivity contribution in [3.8, 4) is 0 Å². The van der Waals surface area contributed by atoms with Crippen LogP contribution in [0.4, 0.5) is 5.69 Å². The van der Waals surface area contributed by atoms with Crippen molar-refractivity contribution in [3.63, 3.8) is 0 Å². The minimum absolute atomic E-state index is 0. The van der Waals surface area contributed by atoms with Gasteiger partial charge in [-0.15, -0.1) is 24.0 Å². The second kappa shape index (κ2) is 8.99. The van der Waals surface area contributed by atoms with E-state index in [1.165, 1.54) is 42.5 Å². The number of rotatable bonds is 3. The van der Waals surface area contributed by atoms with Crippen molar-refractivity contribution in [2.45, 2.75) is 39.2 Å². The Morgan fingerprint density at radius 2 is 2.19 bits per heavy atom. The normalized spacial score (nSPS) is 24.9. The largest absolute Gasteiger partial charge is 0.381 e. The summed E-state index contributed by atoms with van der Waals surface area (Å²) in [7, 11) is 2.19. The van der Waals surface area contributed by atoms with Gasteiger partial charge in [-0.2, -0.15) is 0 Å². The Balaban J connectivity index is 0.00000210. The standard InChI is InChI=1S/C21H32N4O.HI/c1-3-22-20(25-11-8-21(15-25)9-12-26-16-21)23-14-17-6-7-19-18(13-17)5-4-10-24(19)2;/h6-7,13H,3-5,8-12,14-16H2,1-2H3,(H,22,23);1H. The predicted molar refractivity (Wildman–Crippen MR) is 122 cm³/mol. The molecule has 2 fully saturated rings. The third-order valence-electron chi connectivity index (χ3n) is 6.16. The summed E-state index contributed by atoms with van der Waals surface area (Å²) >= 11 is 0. The van der Waals surface area contributed by atoms with Gasteiger partial charge in [0.25, 0.3) is 0 Å². The topological polar surface area (TPSA) is 40.1 Å². The van der Waals surface area contributed by atoms with E-state index in [0.29, 0.717) is 5.41 Å². The SMILES string of the molecule is CCNC(=NCc1ccc2c(c1)CCCN2C)N1CCC2(CCOC2)C1.I. The minimum atomic E-state index is 0.